The number of hydrogen-bond acceptors (Lipinski definition) is 5. The van der Waals surface area contributed by atoms with Gasteiger partial charge < -0.3 is 9.47 Å². The number of aryl methyl sites for hydroxylation is 1. The van der Waals surface area contributed by atoms with Gasteiger partial charge in [0.2, 0.25) is 5.91 Å². The summed E-state index contributed by atoms with van der Waals surface area (Å²) in [6, 6.07) is 5.75. The Morgan fingerprint density at radius 1 is 1.22 bits per heavy atom. The average Bonchev–Trinajstić information content (AvgIpc) is 3.38. The number of halogens is 1. The molecule has 0 bridgehead atoms. The number of sulfonamides is 1. The molecule has 1 fully saturated rings. The Morgan fingerprint density at radius 3 is 2.66 bits per heavy atom. The largest absolute Gasteiger partial charge is 0.341 e. The van der Waals surface area contributed by atoms with Crippen molar-refractivity contribution in [2.24, 2.45) is 0 Å². The lowest BCUT2D eigenvalue weighted by Crippen LogP contribution is -2.37. The van der Waals surface area contributed by atoms with Crippen LogP contribution in [0.5, 0.6) is 0 Å². The summed E-state index contributed by atoms with van der Waals surface area (Å²) < 4.78 is 44.2. The molecule has 10 heteroatoms. The van der Waals surface area contributed by atoms with E-state index in [1.165, 1.54) is 48.7 Å². The Labute approximate surface area is 191 Å². The Kier molecular flexibility index (Phi) is 6.34. The number of hydrogen-bond donors (Lipinski definition) is 1. The molecule has 170 valence electrons. The first-order valence-corrected chi connectivity index (χ1v) is 12.8. The minimum absolute atomic E-state index is 0.00421. The van der Waals surface area contributed by atoms with Crippen LogP contribution in [0.3, 0.4) is 0 Å². The molecule has 1 amide bonds. The van der Waals surface area contributed by atoms with Gasteiger partial charge in [-0.25, -0.2) is 17.8 Å². The first-order chi connectivity index (χ1) is 15.2. The van der Waals surface area contributed by atoms with E-state index in [9.17, 15) is 17.6 Å². The number of anilines is 1. The van der Waals surface area contributed by atoms with Crippen molar-refractivity contribution in [2.45, 2.75) is 44.6 Å². The third-order valence-corrected chi connectivity index (χ3v) is 7.86. The molecule has 0 unspecified atom stereocenters. The van der Waals surface area contributed by atoms with Crippen molar-refractivity contribution < 1.29 is 17.6 Å². The van der Waals surface area contributed by atoms with Crippen LogP contribution < -0.4 is 4.72 Å². The molecule has 1 aromatic carbocycles. The highest BCUT2D eigenvalue weighted by molar-refractivity contribution is 7.92. The van der Waals surface area contributed by atoms with Crippen LogP contribution in [0.25, 0.3) is 10.7 Å². The van der Waals surface area contributed by atoms with Crippen molar-refractivity contribution >= 4 is 33.0 Å². The van der Waals surface area contributed by atoms with Crippen LogP contribution in [0, 0.1) is 19.7 Å². The zero-order valence-electron chi connectivity index (χ0n) is 18.0. The Balaban J connectivity index is 1.68. The number of thiazole rings is 1. The predicted molar refractivity (Wildman–Crippen MR) is 123 cm³/mol. The molecule has 0 spiro atoms. The molecule has 4 rings (SSSR count). The molecule has 1 N–H and O–H groups in total. The third-order valence-electron chi connectivity index (χ3n) is 5.55. The van der Waals surface area contributed by atoms with Crippen molar-refractivity contribution in [3.8, 4) is 10.7 Å². The second-order valence-electron chi connectivity index (χ2n) is 7.94. The van der Waals surface area contributed by atoms with Gasteiger partial charge in [0.25, 0.3) is 10.0 Å². The van der Waals surface area contributed by atoms with Crippen LogP contribution in [-0.4, -0.2) is 41.9 Å². The van der Waals surface area contributed by atoms with Crippen LogP contribution in [-0.2, 0) is 21.4 Å². The molecule has 1 saturated heterocycles. The minimum Gasteiger partial charge on any atom is -0.341 e. The smallest absolute Gasteiger partial charge is 0.263 e. The molecule has 0 atom stereocenters. The van der Waals surface area contributed by atoms with Gasteiger partial charge in [-0.05, 0) is 51.3 Å². The molecule has 0 saturated carbocycles. The van der Waals surface area contributed by atoms with Crippen LogP contribution in [0.4, 0.5) is 10.1 Å². The summed E-state index contributed by atoms with van der Waals surface area (Å²) in [6.07, 6.45) is 4.52. The maximum Gasteiger partial charge on any atom is 0.263 e. The minimum atomic E-state index is -4.00. The number of carbonyl (C=O) groups is 1. The van der Waals surface area contributed by atoms with Gasteiger partial charge in [-0.1, -0.05) is 6.07 Å². The molecule has 2 aromatic heterocycles. The number of nitrogens with zero attached hydrogens (tertiary/aromatic N) is 3. The topological polar surface area (TPSA) is 84.3 Å². The van der Waals surface area contributed by atoms with E-state index < -0.39 is 15.8 Å². The fourth-order valence-corrected chi connectivity index (χ4v) is 5.71. The van der Waals surface area contributed by atoms with Crippen molar-refractivity contribution in [1.82, 2.24) is 14.5 Å². The lowest BCUT2D eigenvalue weighted by Gasteiger charge is -2.27. The first-order valence-electron chi connectivity index (χ1n) is 10.4. The Morgan fingerprint density at radius 2 is 1.97 bits per heavy atom. The van der Waals surface area contributed by atoms with E-state index in [0.29, 0.717) is 10.7 Å². The summed E-state index contributed by atoms with van der Waals surface area (Å²) in [5.74, 6) is -0.540. The number of piperidine rings is 1. The van der Waals surface area contributed by atoms with E-state index in [1.807, 2.05) is 17.2 Å². The molecule has 7 nitrogen and oxygen atoms in total. The maximum atomic E-state index is 13.9. The number of nitrogens with one attached hydrogen (secondary N) is 1. The molecule has 3 heterocycles. The Bertz CT molecular complexity index is 1240. The number of rotatable bonds is 6. The number of benzene rings is 1. The molecule has 0 aliphatic carbocycles. The highest BCUT2D eigenvalue weighted by Gasteiger charge is 2.24. The van der Waals surface area contributed by atoms with Crippen molar-refractivity contribution in [2.75, 3.05) is 17.8 Å². The van der Waals surface area contributed by atoms with Crippen LogP contribution in [0.2, 0.25) is 0 Å². The van der Waals surface area contributed by atoms with Crippen molar-refractivity contribution in [3.05, 3.63) is 52.9 Å². The standard InChI is InChI=1S/C22H25FN4O3S2/c1-15-14-31-22(24-15)20-11-17(12-27(20)13-21(28)26-9-4-3-5-10-26)32(29,30)25-19-8-6-7-18(23)16(19)2/h6-8,11-12,14,25H,3-5,9-10,13H2,1-2H3. The third kappa shape index (κ3) is 4.71. The fourth-order valence-electron chi connectivity index (χ4n) is 3.72. The summed E-state index contributed by atoms with van der Waals surface area (Å²) in [7, 11) is -4.00. The summed E-state index contributed by atoms with van der Waals surface area (Å²) in [5, 5.41) is 2.51. The lowest BCUT2D eigenvalue weighted by atomic mass is 10.1. The number of carbonyl (C=O) groups excluding carboxylic acids is 1. The van der Waals surface area contributed by atoms with Crippen molar-refractivity contribution in [3.63, 3.8) is 0 Å². The quantitative estimate of drug-likeness (QED) is 0.578. The summed E-state index contributed by atoms with van der Waals surface area (Å²) >= 11 is 1.39. The van der Waals surface area contributed by atoms with E-state index >= 15 is 0 Å². The molecule has 32 heavy (non-hydrogen) atoms. The van der Waals surface area contributed by atoms with Crippen LogP contribution in [0.15, 0.2) is 40.7 Å². The first kappa shape index (κ1) is 22.5. The van der Waals surface area contributed by atoms with E-state index in [4.69, 9.17) is 0 Å². The zero-order valence-corrected chi connectivity index (χ0v) is 19.6. The van der Waals surface area contributed by atoms with Gasteiger partial charge in [0, 0.05) is 35.9 Å². The number of aromatic nitrogens is 2. The van der Waals surface area contributed by atoms with E-state index in [1.54, 1.807) is 4.57 Å². The van der Waals surface area contributed by atoms with Gasteiger partial charge in [-0.3, -0.25) is 9.52 Å². The summed E-state index contributed by atoms with van der Waals surface area (Å²) in [5.41, 5.74) is 1.77. The molecule has 1 aliphatic heterocycles. The van der Waals surface area contributed by atoms with Gasteiger partial charge in [0.15, 0.2) is 0 Å². The van der Waals surface area contributed by atoms with Gasteiger partial charge >= 0.3 is 0 Å². The predicted octanol–water partition coefficient (Wildman–Crippen LogP) is 4.18. The van der Waals surface area contributed by atoms with Gasteiger partial charge in [0.05, 0.1) is 11.4 Å². The SMILES string of the molecule is Cc1csc(-c2cc(S(=O)(=O)Nc3cccc(F)c3C)cn2CC(=O)N2CCCCC2)n1. The zero-order chi connectivity index (χ0) is 22.9. The maximum absolute atomic E-state index is 13.9. The molecular weight excluding hydrogens is 451 g/mol. The average molecular weight is 477 g/mol. The molecule has 0 radical (unpaired) electrons. The van der Waals surface area contributed by atoms with Gasteiger partial charge in [0.1, 0.15) is 22.3 Å². The number of likely N-dealkylation sites (tertiary alicyclic amines) is 1. The lowest BCUT2D eigenvalue weighted by molar-refractivity contribution is -0.132. The van der Waals surface area contributed by atoms with E-state index in [0.717, 1.165) is 38.0 Å². The molecular formula is C22H25FN4O3S2. The number of amides is 1. The van der Waals surface area contributed by atoms with E-state index in [2.05, 4.69) is 9.71 Å². The van der Waals surface area contributed by atoms with Gasteiger partial charge in [-0.2, -0.15) is 0 Å². The monoisotopic (exact) mass is 476 g/mol. The fraction of sp³-hybridized carbons (Fsp3) is 0.364. The second kappa shape index (κ2) is 9.03. The Hall–Kier alpha value is -2.72. The van der Waals surface area contributed by atoms with E-state index in [-0.39, 0.29) is 28.6 Å². The highest BCUT2D eigenvalue weighted by atomic mass is 32.2. The van der Waals surface area contributed by atoms with Crippen LogP contribution >= 0.6 is 11.3 Å². The summed E-state index contributed by atoms with van der Waals surface area (Å²) in [6.45, 7) is 4.84. The van der Waals surface area contributed by atoms with Gasteiger partial charge in [-0.15, -0.1) is 11.3 Å². The normalized spacial score (nSPS) is 14.5. The van der Waals surface area contributed by atoms with Crippen molar-refractivity contribution in [1.29, 1.82) is 0 Å². The highest BCUT2D eigenvalue weighted by Crippen LogP contribution is 2.30. The molecule has 3 aromatic rings. The molecule has 1 aliphatic rings. The van der Waals surface area contributed by atoms with Crippen LogP contribution in [0.1, 0.15) is 30.5 Å². The summed E-state index contributed by atoms with van der Waals surface area (Å²) in [4.78, 5) is 19.2. The second-order valence-corrected chi connectivity index (χ2v) is 10.5.